The van der Waals surface area contributed by atoms with Gasteiger partial charge in [0.2, 0.25) is 0 Å². The van der Waals surface area contributed by atoms with E-state index in [1.165, 1.54) is 23.9 Å². The maximum Gasteiger partial charge on any atom is 0.273 e. The second kappa shape index (κ2) is 9.02. The minimum absolute atomic E-state index is 0.0171. The van der Waals surface area contributed by atoms with E-state index >= 15 is 0 Å². The first kappa shape index (κ1) is 21.4. The maximum atomic E-state index is 14.5. The highest BCUT2D eigenvalue weighted by Gasteiger charge is 2.49. The van der Waals surface area contributed by atoms with Gasteiger partial charge in [-0.05, 0) is 50.1 Å². The molecule has 5 nitrogen and oxygen atoms in total. The molecule has 0 aromatic heterocycles. The molecule has 1 heterocycles. The molecule has 1 aliphatic heterocycles. The van der Waals surface area contributed by atoms with Crippen molar-refractivity contribution in [3.8, 4) is 0 Å². The van der Waals surface area contributed by atoms with Crippen molar-refractivity contribution in [3.05, 3.63) is 71.3 Å². The minimum Gasteiger partial charge on any atom is -0.372 e. The topological polar surface area (TPSA) is 67.9 Å². The first-order valence-corrected chi connectivity index (χ1v) is 10.1. The highest BCUT2D eigenvalue weighted by Crippen LogP contribution is 2.50. The van der Waals surface area contributed by atoms with Gasteiger partial charge in [-0.2, -0.15) is 5.10 Å². The van der Waals surface area contributed by atoms with Crippen LogP contribution in [0.4, 0.5) is 8.78 Å². The largest absolute Gasteiger partial charge is 0.372 e. The lowest BCUT2D eigenvalue weighted by molar-refractivity contribution is -0.144. The first-order valence-electron chi connectivity index (χ1n) is 9.28. The number of carbonyl (C=O) groups is 1. The maximum absolute atomic E-state index is 14.5. The lowest BCUT2D eigenvalue weighted by atomic mass is 10.00. The molecule has 0 bridgehead atoms. The van der Waals surface area contributed by atoms with Crippen molar-refractivity contribution in [3.63, 3.8) is 0 Å². The number of nitrogens with zero attached hydrogens (tertiary/aromatic N) is 2. The third-order valence-corrected chi connectivity index (χ3v) is 6.26. The van der Waals surface area contributed by atoms with E-state index in [-0.39, 0.29) is 16.5 Å². The number of rotatable bonds is 7. The zero-order chi connectivity index (χ0) is 21.0. The van der Waals surface area contributed by atoms with Crippen LogP contribution in [-0.2, 0) is 14.4 Å². The van der Waals surface area contributed by atoms with Crippen LogP contribution in [0.2, 0.25) is 0 Å². The zero-order valence-electron chi connectivity index (χ0n) is 16.3. The number of amides is 1. The number of thioether (sulfide) groups is 1. The molecular weight excluding hydrogens is 396 g/mol. The summed E-state index contributed by atoms with van der Waals surface area (Å²) in [4.78, 5) is 12.2. The number of benzene rings is 2. The fourth-order valence-electron chi connectivity index (χ4n) is 3.19. The van der Waals surface area contributed by atoms with Gasteiger partial charge in [0, 0.05) is 12.7 Å². The van der Waals surface area contributed by atoms with E-state index in [4.69, 9.17) is 10.5 Å². The summed E-state index contributed by atoms with van der Waals surface area (Å²) in [5.41, 5.74) is 6.60. The molecule has 0 saturated heterocycles. The van der Waals surface area contributed by atoms with Crippen LogP contribution < -0.4 is 5.73 Å². The summed E-state index contributed by atoms with van der Waals surface area (Å²) >= 11 is 1.23. The second-order valence-electron chi connectivity index (χ2n) is 6.70. The molecule has 29 heavy (non-hydrogen) atoms. The van der Waals surface area contributed by atoms with E-state index in [9.17, 15) is 13.6 Å². The van der Waals surface area contributed by atoms with Crippen LogP contribution in [0.15, 0.2) is 53.6 Å². The van der Waals surface area contributed by atoms with Gasteiger partial charge in [-0.25, -0.2) is 13.8 Å². The predicted molar refractivity (Wildman–Crippen MR) is 110 cm³/mol. The molecule has 1 amide bonds. The second-order valence-corrected chi connectivity index (χ2v) is 7.97. The van der Waals surface area contributed by atoms with Gasteiger partial charge in [0.15, 0.2) is 0 Å². The van der Waals surface area contributed by atoms with Gasteiger partial charge in [0.1, 0.15) is 27.7 Å². The minimum atomic E-state index is -0.932. The third kappa shape index (κ3) is 4.19. The summed E-state index contributed by atoms with van der Waals surface area (Å²) in [5.74, 6) is -1.55. The van der Waals surface area contributed by atoms with Crippen LogP contribution >= 0.6 is 11.8 Å². The summed E-state index contributed by atoms with van der Waals surface area (Å²) in [6, 6.07) is 12.6. The number of ether oxygens (including phenoxy) is 1. The Morgan fingerprint density at radius 2 is 2.00 bits per heavy atom. The summed E-state index contributed by atoms with van der Waals surface area (Å²) < 4.78 is 33.5. The van der Waals surface area contributed by atoms with Crippen molar-refractivity contribution in [2.24, 2.45) is 10.8 Å². The van der Waals surface area contributed by atoms with Crippen LogP contribution in [-0.4, -0.2) is 35.7 Å². The number of hydrogen-bond donors (Lipinski definition) is 1. The van der Waals surface area contributed by atoms with E-state index in [0.717, 1.165) is 23.8 Å². The van der Waals surface area contributed by atoms with E-state index < -0.39 is 22.6 Å². The molecular formula is C21H23F2N3O2S. The van der Waals surface area contributed by atoms with Crippen molar-refractivity contribution in [2.45, 2.75) is 30.7 Å². The molecule has 0 saturated carbocycles. The smallest absolute Gasteiger partial charge is 0.273 e. The number of carbonyl (C=O) groups excluding carboxylic acids is 1. The Hall–Kier alpha value is -2.29. The number of nitrogens with two attached hydrogens (primary N) is 1. The van der Waals surface area contributed by atoms with Crippen LogP contribution in [0, 0.1) is 11.6 Å². The SMILES string of the molecule is CO[C@@H](C)C(=O)N1N=C(c2cc(F)ccc2F)S[C@]1(CCCN)c1ccccc1. The van der Waals surface area contributed by atoms with Gasteiger partial charge in [-0.3, -0.25) is 4.79 Å². The quantitative estimate of drug-likeness (QED) is 0.741. The fourth-order valence-corrected chi connectivity index (χ4v) is 4.61. The third-order valence-electron chi connectivity index (χ3n) is 4.81. The van der Waals surface area contributed by atoms with E-state index in [0.29, 0.717) is 19.4 Å². The predicted octanol–water partition coefficient (Wildman–Crippen LogP) is 3.83. The highest BCUT2D eigenvalue weighted by molar-refractivity contribution is 8.15. The normalized spacial score (nSPS) is 19.9. The lowest BCUT2D eigenvalue weighted by Crippen LogP contribution is -2.46. The van der Waals surface area contributed by atoms with E-state index in [1.54, 1.807) is 6.92 Å². The van der Waals surface area contributed by atoms with Crippen molar-refractivity contribution in [1.29, 1.82) is 0 Å². The molecule has 2 aromatic rings. The monoisotopic (exact) mass is 419 g/mol. The van der Waals surface area contributed by atoms with Gasteiger partial charge in [0.05, 0.1) is 0 Å². The molecule has 2 N–H and O–H groups in total. The van der Waals surface area contributed by atoms with Gasteiger partial charge in [-0.15, -0.1) is 0 Å². The van der Waals surface area contributed by atoms with E-state index in [2.05, 4.69) is 5.10 Å². The van der Waals surface area contributed by atoms with Crippen LogP contribution in [0.25, 0.3) is 0 Å². The van der Waals surface area contributed by atoms with E-state index in [1.807, 2.05) is 30.3 Å². The van der Waals surface area contributed by atoms with Crippen molar-refractivity contribution in [2.75, 3.05) is 13.7 Å². The average molecular weight is 419 g/mol. The molecule has 0 spiro atoms. The molecule has 2 aromatic carbocycles. The Labute approximate surface area is 172 Å². The molecule has 0 radical (unpaired) electrons. The molecule has 3 rings (SSSR count). The Bertz CT molecular complexity index is 910. The van der Waals surface area contributed by atoms with Crippen LogP contribution in [0.3, 0.4) is 0 Å². The van der Waals surface area contributed by atoms with Crippen molar-refractivity contribution < 1.29 is 18.3 Å². The van der Waals surface area contributed by atoms with Crippen LogP contribution in [0.1, 0.15) is 30.9 Å². The summed E-state index contributed by atoms with van der Waals surface area (Å²) in [6.45, 7) is 2.04. The fraction of sp³-hybridized carbons (Fsp3) is 0.333. The lowest BCUT2D eigenvalue weighted by Gasteiger charge is -2.36. The summed E-state index contributed by atoms with van der Waals surface area (Å²) in [6.07, 6.45) is 0.350. The van der Waals surface area contributed by atoms with Crippen molar-refractivity contribution in [1.82, 2.24) is 5.01 Å². The number of hydrazone groups is 1. The number of methoxy groups -OCH3 is 1. The molecule has 154 valence electrons. The Morgan fingerprint density at radius 1 is 1.28 bits per heavy atom. The Balaban J connectivity index is 2.15. The Morgan fingerprint density at radius 3 is 2.66 bits per heavy atom. The zero-order valence-corrected chi connectivity index (χ0v) is 17.1. The molecule has 0 aliphatic carbocycles. The first-order chi connectivity index (χ1) is 13.9. The van der Waals surface area contributed by atoms with Gasteiger partial charge in [-0.1, -0.05) is 42.1 Å². The molecule has 0 fully saturated rings. The molecule has 1 aliphatic rings. The standard InChI is InChI=1S/C21H23F2N3O2S/c1-14(28-2)20(27)26-21(11-6-12-24,15-7-4-3-5-8-15)29-19(25-26)17-13-16(22)9-10-18(17)23/h3-5,7-10,13-14H,6,11-12,24H2,1-2H3/t14-,21+/m0/s1. The Kier molecular flexibility index (Phi) is 6.66. The molecule has 0 unspecified atom stereocenters. The summed E-state index contributed by atoms with van der Waals surface area (Å²) in [5, 5.41) is 6.03. The van der Waals surface area contributed by atoms with Gasteiger partial charge >= 0.3 is 0 Å². The number of halogens is 2. The molecule has 8 heteroatoms. The van der Waals surface area contributed by atoms with Gasteiger partial charge < -0.3 is 10.5 Å². The van der Waals surface area contributed by atoms with Crippen molar-refractivity contribution >= 4 is 22.7 Å². The van der Waals surface area contributed by atoms with Gasteiger partial charge in [0.25, 0.3) is 5.91 Å². The summed E-state index contributed by atoms with van der Waals surface area (Å²) in [7, 11) is 1.44. The number of hydrogen-bond acceptors (Lipinski definition) is 5. The van der Waals surface area contributed by atoms with Crippen LogP contribution in [0.5, 0.6) is 0 Å². The average Bonchev–Trinajstić information content (AvgIpc) is 3.14. The molecule has 2 atom stereocenters. The highest BCUT2D eigenvalue weighted by atomic mass is 32.2.